The van der Waals surface area contributed by atoms with Gasteiger partial charge in [0.2, 0.25) is 5.91 Å². The first kappa shape index (κ1) is 16.6. The molecule has 1 aromatic carbocycles. The van der Waals surface area contributed by atoms with Crippen LogP contribution in [0.1, 0.15) is 18.9 Å². The number of hydrogen-bond acceptors (Lipinski definition) is 3. The third-order valence-electron chi connectivity index (χ3n) is 2.85. The van der Waals surface area contributed by atoms with Crippen LogP contribution in [-0.2, 0) is 16.0 Å². The van der Waals surface area contributed by atoms with E-state index in [9.17, 15) is 18.4 Å². The molecule has 1 aromatic rings. The molecular formula is C14H14F2N2O3. The average molecular weight is 296 g/mol. The molecule has 0 aromatic heterocycles. The van der Waals surface area contributed by atoms with Gasteiger partial charge in [0, 0.05) is 18.4 Å². The first-order valence-electron chi connectivity index (χ1n) is 6.17. The Kier molecular flexibility index (Phi) is 5.79. The Balaban J connectivity index is 2.74. The molecule has 0 bridgehead atoms. The molecule has 2 atom stereocenters. The van der Waals surface area contributed by atoms with Gasteiger partial charge in [0.15, 0.2) is 0 Å². The van der Waals surface area contributed by atoms with Crippen LogP contribution in [0.3, 0.4) is 0 Å². The zero-order valence-corrected chi connectivity index (χ0v) is 11.3. The van der Waals surface area contributed by atoms with E-state index in [1.165, 1.54) is 6.92 Å². The standard InChI is InChI=1S/C14H14F2N2O3/c1-8(2-3-17)13(14(20)21)18-12(19)6-9-4-10(15)7-11(16)5-9/h4-5,7-8,13H,2,6H2,1H3,(H,18,19)(H,20,21)/t8-,13-/m0/s1. The van der Waals surface area contributed by atoms with Crippen molar-refractivity contribution in [3.63, 3.8) is 0 Å². The van der Waals surface area contributed by atoms with Gasteiger partial charge in [-0.05, 0) is 17.7 Å². The maximum absolute atomic E-state index is 13.0. The van der Waals surface area contributed by atoms with Gasteiger partial charge in [0.1, 0.15) is 17.7 Å². The number of nitrogens with one attached hydrogen (secondary N) is 1. The largest absolute Gasteiger partial charge is 0.480 e. The number of aliphatic carboxylic acids is 1. The van der Waals surface area contributed by atoms with Crippen LogP contribution in [0.5, 0.6) is 0 Å². The molecule has 0 unspecified atom stereocenters. The zero-order chi connectivity index (χ0) is 16.0. The molecule has 0 fully saturated rings. The molecule has 2 N–H and O–H groups in total. The number of nitriles is 1. The van der Waals surface area contributed by atoms with Crippen LogP contribution in [0.15, 0.2) is 18.2 Å². The van der Waals surface area contributed by atoms with Crippen LogP contribution < -0.4 is 5.32 Å². The van der Waals surface area contributed by atoms with Crippen molar-refractivity contribution in [2.75, 3.05) is 0 Å². The molecule has 112 valence electrons. The number of amides is 1. The molecule has 0 heterocycles. The SMILES string of the molecule is C[C@@H](CC#N)[C@H](NC(=O)Cc1cc(F)cc(F)c1)C(=O)O. The van der Waals surface area contributed by atoms with E-state index < -0.39 is 35.5 Å². The van der Waals surface area contributed by atoms with E-state index in [1.54, 1.807) is 0 Å². The Morgan fingerprint density at radius 2 is 1.90 bits per heavy atom. The lowest BCUT2D eigenvalue weighted by Gasteiger charge is -2.19. The van der Waals surface area contributed by atoms with E-state index in [4.69, 9.17) is 10.4 Å². The number of rotatable bonds is 6. The van der Waals surface area contributed by atoms with Crippen molar-refractivity contribution in [3.8, 4) is 6.07 Å². The summed E-state index contributed by atoms with van der Waals surface area (Å²) in [4.78, 5) is 22.8. The highest BCUT2D eigenvalue weighted by Crippen LogP contribution is 2.11. The van der Waals surface area contributed by atoms with Crippen molar-refractivity contribution in [3.05, 3.63) is 35.4 Å². The normalized spacial score (nSPS) is 13.0. The van der Waals surface area contributed by atoms with E-state index in [0.717, 1.165) is 12.1 Å². The summed E-state index contributed by atoms with van der Waals surface area (Å²) in [7, 11) is 0. The molecule has 0 aliphatic carbocycles. The zero-order valence-electron chi connectivity index (χ0n) is 11.3. The van der Waals surface area contributed by atoms with Crippen molar-refractivity contribution in [2.45, 2.75) is 25.8 Å². The molecule has 0 saturated heterocycles. The second-order valence-electron chi connectivity index (χ2n) is 4.68. The summed E-state index contributed by atoms with van der Waals surface area (Å²) in [5.41, 5.74) is 0.0991. The highest BCUT2D eigenvalue weighted by atomic mass is 19.1. The summed E-state index contributed by atoms with van der Waals surface area (Å²) in [5.74, 6) is -4.16. The predicted octanol–water partition coefficient (Wildman–Crippen LogP) is 1.63. The van der Waals surface area contributed by atoms with Crippen molar-refractivity contribution in [2.24, 2.45) is 5.92 Å². The lowest BCUT2D eigenvalue weighted by molar-refractivity contribution is -0.143. The highest BCUT2D eigenvalue weighted by molar-refractivity contribution is 5.85. The molecule has 0 aliphatic rings. The minimum absolute atomic E-state index is 0.0359. The predicted molar refractivity (Wildman–Crippen MR) is 69.0 cm³/mol. The quantitative estimate of drug-likeness (QED) is 0.834. The monoisotopic (exact) mass is 296 g/mol. The van der Waals surface area contributed by atoms with Crippen LogP contribution in [0, 0.1) is 28.9 Å². The Morgan fingerprint density at radius 1 is 1.33 bits per heavy atom. The molecule has 5 nitrogen and oxygen atoms in total. The molecular weight excluding hydrogens is 282 g/mol. The number of carbonyl (C=O) groups excluding carboxylic acids is 1. The number of carboxylic acids is 1. The Morgan fingerprint density at radius 3 is 2.38 bits per heavy atom. The van der Waals surface area contributed by atoms with Gasteiger partial charge in [0.05, 0.1) is 12.5 Å². The molecule has 7 heteroatoms. The van der Waals surface area contributed by atoms with Crippen molar-refractivity contribution in [1.29, 1.82) is 5.26 Å². The van der Waals surface area contributed by atoms with Crippen molar-refractivity contribution >= 4 is 11.9 Å². The second-order valence-corrected chi connectivity index (χ2v) is 4.68. The maximum atomic E-state index is 13.0. The topological polar surface area (TPSA) is 90.2 Å². The molecule has 0 spiro atoms. The first-order valence-corrected chi connectivity index (χ1v) is 6.17. The maximum Gasteiger partial charge on any atom is 0.326 e. The summed E-state index contributed by atoms with van der Waals surface area (Å²) in [6.45, 7) is 1.52. The van der Waals surface area contributed by atoms with Gasteiger partial charge in [0.25, 0.3) is 0 Å². The minimum Gasteiger partial charge on any atom is -0.480 e. The van der Waals surface area contributed by atoms with Crippen LogP contribution >= 0.6 is 0 Å². The fourth-order valence-electron chi connectivity index (χ4n) is 1.83. The minimum atomic E-state index is -1.27. The van der Waals surface area contributed by atoms with Gasteiger partial charge < -0.3 is 10.4 Å². The lowest BCUT2D eigenvalue weighted by atomic mass is 9.98. The third-order valence-corrected chi connectivity index (χ3v) is 2.85. The van der Waals surface area contributed by atoms with Crippen LogP contribution in [0.2, 0.25) is 0 Å². The van der Waals surface area contributed by atoms with Crippen LogP contribution in [0.25, 0.3) is 0 Å². The van der Waals surface area contributed by atoms with E-state index in [1.807, 2.05) is 6.07 Å². The number of carbonyl (C=O) groups is 2. The summed E-state index contributed by atoms with van der Waals surface area (Å²) >= 11 is 0. The fourth-order valence-corrected chi connectivity index (χ4v) is 1.83. The van der Waals surface area contributed by atoms with Crippen molar-refractivity contribution < 1.29 is 23.5 Å². The first-order chi connectivity index (χ1) is 9.83. The van der Waals surface area contributed by atoms with E-state index >= 15 is 0 Å². The molecule has 0 saturated carbocycles. The number of hydrogen-bond donors (Lipinski definition) is 2. The summed E-state index contributed by atoms with van der Waals surface area (Å²) in [6.07, 6.45) is -0.385. The molecule has 1 amide bonds. The van der Waals surface area contributed by atoms with Crippen molar-refractivity contribution in [1.82, 2.24) is 5.32 Å². The molecule has 0 aliphatic heterocycles. The van der Waals surface area contributed by atoms with E-state index in [-0.39, 0.29) is 18.4 Å². The van der Waals surface area contributed by atoms with Gasteiger partial charge >= 0.3 is 5.97 Å². The summed E-state index contributed by atoms with van der Waals surface area (Å²) < 4.78 is 26.0. The Bertz CT molecular complexity index is 564. The number of carboxylic acid groups (broad SMARTS) is 1. The van der Waals surface area contributed by atoms with Crippen LogP contribution in [-0.4, -0.2) is 23.0 Å². The molecule has 1 rings (SSSR count). The lowest BCUT2D eigenvalue weighted by Crippen LogP contribution is -2.45. The highest BCUT2D eigenvalue weighted by Gasteiger charge is 2.26. The van der Waals surface area contributed by atoms with Gasteiger partial charge in [-0.15, -0.1) is 0 Å². The molecule has 0 radical (unpaired) electrons. The van der Waals surface area contributed by atoms with Crippen LogP contribution in [0.4, 0.5) is 8.78 Å². The number of nitrogens with zero attached hydrogens (tertiary/aromatic N) is 1. The van der Waals surface area contributed by atoms with Gasteiger partial charge in [-0.1, -0.05) is 6.92 Å². The Labute approximate surface area is 120 Å². The average Bonchev–Trinajstić information content (AvgIpc) is 2.34. The van der Waals surface area contributed by atoms with Gasteiger partial charge in [-0.3, -0.25) is 4.79 Å². The smallest absolute Gasteiger partial charge is 0.326 e. The number of benzene rings is 1. The van der Waals surface area contributed by atoms with E-state index in [0.29, 0.717) is 6.07 Å². The molecule has 21 heavy (non-hydrogen) atoms. The number of halogens is 2. The Hall–Kier alpha value is -2.49. The second kappa shape index (κ2) is 7.33. The van der Waals surface area contributed by atoms with Gasteiger partial charge in [-0.25, -0.2) is 13.6 Å². The van der Waals surface area contributed by atoms with E-state index in [2.05, 4.69) is 5.32 Å². The summed E-state index contributed by atoms with van der Waals surface area (Å²) in [6, 6.07) is 3.27. The van der Waals surface area contributed by atoms with Gasteiger partial charge in [-0.2, -0.15) is 5.26 Å². The summed E-state index contributed by atoms with van der Waals surface area (Å²) in [5, 5.41) is 19.8. The third kappa shape index (κ3) is 5.18. The fraction of sp³-hybridized carbons (Fsp3) is 0.357.